The second-order valence-corrected chi connectivity index (χ2v) is 9.21. The molecule has 150 valence electrons. The van der Waals surface area contributed by atoms with Crippen LogP contribution < -0.4 is 10.6 Å². The summed E-state index contributed by atoms with van der Waals surface area (Å²) in [6.07, 6.45) is 3.40. The highest BCUT2D eigenvalue weighted by Gasteiger charge is 2.70. The Kier molecular flexibility index (Phi) is 4.96. The largest absolute Gasteiger partial charge is 0.324 e. The maximum absolute atomic E-state index is 13.5. The van der Waals surface area contributed by atoms with Crippen LogP contribution in [0.3, 0.4) is 0 Å². The molecule has 2 N–H and O–H groups in total. The fourth-order valence-electron chi connectivity index (χ4n) is 4.91. The molecule has 3 aliphatic heterocycles. The van der Waals surface area contributed by atoms with Crippen molar-refractivity contribution in [2.45, 2.75) is 44.3 Å². The quantitative estimate of drug-likeness (QED) is 0.714. The number of thioether (sulfide) groups is 1. The number of fused-ring (bicyclic) bond motifs is 4. The van der Waals surface area contributed by atoms with Crippen LogP contribution in [0.2, 0.25) is 5.02 Å². The number of hydrogen-bond donors (Lipinski definition) is 2. The summed E-state index contributed by atoms with van der Waals surface area (Å²) in [4.78, 5) is 41.4. The second kappa shape index (κ2) is 7.04. The van der Waals surface area contributed by atoms with Crippen LogP contribution in [0, 0.1) is 11.8 Å². The van der Waals surface area contributed by atoms with Crippen LogP contribution in [-0.4, -0.2) is 46.7 Å². The number of halogens is 1. The monoisotopic (exact) mass is 421 g/mol. The van der Waals surface area contributed by atoms with Gasteiger partial charge in [-0.05, 0) is 50.0 Å². The predicted octanol–water partition coefficient (Wildman–Crippen LogP) is 2.61. The lowest BCUT2D eigenvalue weighted by atomic mass is 9.76. The number of hydrogen-bond acceptors (Lipinski definition) is 5. The molecule has 2 fully saturated rings. The molecule has 1 aromatic carbocycles. The smallest absolute Gasteiger partial charge is 0.250 e. The number of imide groups is 1. The summed E-state index contributed by atoms with van der Waals surface area (Å²) in [5.74, 6) is -1.15. The zero-order chi connectivity index (χ0) is 20.2. The Morgan fingerprint density at radius 1 is 1.29 bits per heavy atom. The van der Waals surface area contributed by atoms with Crippen molar-refractivity contribution in [3.63, 3.8) is 0 Å². The van der Waals surface area contributed by atoms with E-state index in [1.807, 2.05) is 20.1 Å². The summed E-state index contributed by atoms with van der Waals surface area (Å²) in [5, 5.41) is 6.81. The molecular weight excluding hydrogens is 398 g/mol. The SMILES string of the molecule is CC[C@@H](C)N1C(=O)[C@@H]2[C@H](CCSC)N[C@]3(C(=O)Nc4ccc(Cl)cc43)[C@@H]2C1=O. The molecular formula is C20H24ClN3O3S. The Hall–Kier alpha value is -1.57. The van der Waals surface area contributed by atoms with Crippen LogP contribution in [0.1, 0.15) is 32.3 Å². The standard InChI is InChI=1S/C20H24ClN3O3S/c1-4-10(2)24-17(25)15-14(7-8-28-3)23-20(16(15)18(24)26)12-9-11(21)5-6-13(12)22-19(20)27/h5-6,9-10,14-16,23H,4,7-8H2,1-3H3,(H,22,27)/t10-,14+,15-,16+,20+/m1/s1. The minimum Gasteiger partial charge on any atom is -0.324 e. The van der Waals surface area contributed by atoms with Gasteiger partial charge >= 0.3 is 0 Å². The molecule has 4 rings (SSSR count). The molecule has 0 saturated carbocycles. The number of amides is 3. The van der Waals surface area contributed by atoms with Crippen LogP contribution in [-0.2, 0) is 19.9 Å². The van der Waals surface area contributed by atoms with Crippen LogP contribution in [0.5, 0.6) is 0 Å². The molecule has 28 heavy (non-hydrogen) atoms. The van der Waals surface area contributed by atoms with E-state index < -0.39 is 17.4 Å². The average molecular weight is 422 g/mol. The minimum absolute atomic E-state index is 0.164. The highest BCUT2D eigenvalue weighted by atomic mass is 35.5. The summed E-state index contributed by atoms with van der Waals surface area (Å²) in [7, 11) is 0. The van der Waals surface area contributed by atoms with E-state index in [4.69, 9.17) is 11.6 Å². The van der Waals surface area contributed by atoms with Crippen molar-refractivity contribution in [3.8, 4) is 0 Å². The van der Waals surface area contributed by atoms with E-state index in [9.17, 15) is 14.4 Å². The number of likely N-dealkylation sites (tertiary alicyclic amines) is 1. The van der Waals surface area contributed by atoms with Crippen LogP contribution in [0.4, 0.5) is 5.69 Å². The molecule has 1 aromatic rings. The zero-order valence-corrected chi connectivity index (χ0v) is 17.7. The third kappa shape index (κ3) is 2.56. The molecule has 8 heteroatoms. The molecule has 3 aliphatic rings. The Morgan fingerprint density at radius 2 is 2.04 bits per heavy atom. The first kappa shape index (κ1) is 19.7. The van der Waals surface area contributed by atoms with Crippen molar-refractivity contribution in [1.29, 1.82) is 0 Å². The van der Waals surface area contributed by atoms with E-state index in [0.29, 0.717) is 29.1 Å². The van der Waals surface area contributed by atoms with Crippen molar-refractivity contribution < 1.29 is 14.4 Å². The average Bonchev–Trinajstić information content (AvgIpc) is 3.25. The highest BCUT2D eigenvalue weighted by molar-refractivity contribution is 7.98. The molecule has 0 aliphatic carbocycles. The van der Waals surface area contributed by atoms with Gasteiger partial charge in [0.15, 0.2) is 0 Å². The number of benzene rings is 1. The topological polar surface area (TPSA) is 78.5 Å². The number of carbonyl (C=O) groups excluding carboxylic acids is 3. The van der Waals surface area contributed by atoms with Gasteiger partial charge in [0.05, 0.1) is 11.8 Å². The van der Waals surface area contributed by atoms with Gasteiger partial charge in [-0.25, -0.2) is 0 Å². The molecule has 0 aromatic heterocycles. The zero-order valence-electron chi connectivity index (χ0n) is 16.1. The number of nitrogens with one attached hydrogen (secondary N) is 2. The molecule has 0 radical (unpaired) electrons. The molecule has 0 bridgehead atoms. The fraction of sp³-hybridized carbons (Fsp3) is 0.550. The number of rotatable bonds is 5. The van der Waals surface area contributed by atoms with Gasteiger partial charge < -0.3 is 5.32 Å². The lowest BCUT2D eigenvalue weighted by Crippen LogP contribution is -2.54. The Balaban J connectivity index is 1.86. The van der Waals surface area contributed by atoms with Gasteiger partial charge in [-0.2, -0.15) is 11.8 Å². The highest BCUT2D eigenvalue weighted by Crippen LogP contribution is 2.54. The summed E-state index contributed by atoms with van der Waals surface area (Å²) < 4.78 is 0. The van der Waals surface area contributed by atoms with E-state index in [-0.39, 0.29) is 29.8 Å². The number of anilines is 1. The van der Waals surface area contributed by atoms with Crippen molar-refractivity contribution in [3.05, 3.63) is 28.8 Å². The van der Waals surface area contributed by atoms with Gasteiger partial charge in [0.1, 0.15) is 5.54 Å². The fourth-order valence-corrected chi connectivity index (χ4v) is 5.57. The lowest BCUT2D eigenvalue weighted by molar-refractivity contribution is -0.145. The maximum Gasteiger partial charge on any atom is 0.250 e. The van der Waals surface area contributed by atoms with Gasteiger partial charge in [0.2, 0.25) is 17.7 Å². The first-order chi connectivity index (χ1) is 13.4. The van der Waals surface area contributed by atoms with E-state index in [2.05, 4.69) is 10.6 Å². The van der Waals surface area contributed by atoms with Crippen LogP contribution in [0.25, 0.3) is 0 Å². The van der Waals surface area contributed by atoms with Crippen LogP contribution >= 0.6 is 23.4 Å². The summed E-state index contributed by atoms with van der Waals surface area (Å²) in [5.41, 5.74) is 0.0651. The third-order valence-corrected chi connectivity index (χ3v) is 7.25. The minimum atomic E-state index is -1.25. The van der Waals surface area contributed by atoms with E-state index in [0.717, 1.165) is 5.75 Å². The van der Waals surface area contributed by atoms with Crippen LogP contribution in [0.15, 0.2) is 18.2 Å². The van der Waals surface area contributed by atoms with Gasteiger partial charge in [-0.3, -0.25) is 24.6 Å². The van der Waals surface area contributed by atoms with Gasteiger partial charge in [-0.15, -0.1) is 0 Å². The van der Waals surface area contributed by atoms with Crippen molar-refractivity contribution in [1.82, 2.24) is 10.2 Å². The molecule has 5 atom stereocenters. The number of nitrogens with zero attached hydrogens (tertiary/aromatic N) is 1. The van der Waals surface area contributed by atoms with E-state index in [1.165, 1.54) is 4.90 Å². The Bertz CT molecular complexity index is 863. The lowest BCUT2D eigenvalue weighted by Gasteiger charge is -2.31. The first-order valence-corrected chi connectivity index (χ1v) is 11.4. The van der Waals surface area contributed by atoms with Gasteiger partial charge in [0, 0.05) is 28.4 Å². The number of carbonyl (C=O) groups is 3. The van der Waals surface area contributed by atoms with Crippen molar-refractivity contribution in [2.24, 2.45) is 11.8 Å². The first-order valence-electron chi connectivity index (χ1n) is 9.61. The van der Waals surface area contributed by atoms with Gasteiger partial charge in [0.25, 0.3) is 0 Å². The molecule has 0 unspecified atom stereocenters. The van der Waals surface area contributed by atoms with Gasteiger partial charge in [-0.1, -0.05) is 18.5 Å². The summed E-state index contributed by atoms with van der Waals surface area (Å²) in [6.45, 7) is 3.84. The summed E-state index contributed by atoms with van der Waals surface area (Å²) >= 11 is 7.91. The predicted molar refractivity (Wildman–Crippen MR) is 110 cm³/mol. The summed E-state index contributed by atoms with van der Waals surface area (Å²) in [6, 6.07) is 4.78. The molecule has 6 nitrogen and oxygen atoms in total. The molecule has 2 saturated heterocycles. The molecule has 1 spiro atoms. The normalized spacial score (nSPS) is 32.1. The second-order valence-electron chi connectivity index (χ2n) is 7.79. The van der Waals surface area contributed by atoms with Crippen molar-refractivity contribution >= 4 is 46.8 Å². The van der Waals surface area contributed by atoms with Crippen molar-refractivity contribution in [2.75, 3.05) is 17.3 Å². The van der Waals surface area contributed by atoms with E-state index >= 15 is 0 Å². The molecule has 3 heterocycles. The Morgan fingerprint density at radius 3 is 2.71 bits per heavy atom. The Labute approximate surface area is 173 Å². The third-order valence-electron chi connectivity index (χ3n) is 6.38. The molecule has 3 amide bonds. The van der Waals surface area contributed by atoms with E-state index in [1.54, 1.807) is 30.0 Å². The maximum atomic E-state index is 13.5.